The molecule has 0 aromatic carbocycles. The van der Waals surface area contributed by atoms with Crippen molar-refractivity contribution in [1.82, 2.24) is 9.97 Å². The average Bonchev–Trinajstić information content (AvgIpc) is 2.16. The Hall–Kier alpha value is -0.430. The summed E-state index contributed by atoms with van der Waals surface area (Å²) in [7, 11) is 0. The molecule has 13 heavy (non-hydrogen) atoms. The molecule has 0 aliphatic carbocycles. The first kappa shape index (κ1) is 10.6. The fraction of sp³-hybridized carbons (Fsp3) is 0.500. The molecule has 0 aliphatic rings. The molecular weight excluding hydrogens is 281 g/mol. The lowest BCUT2D eigenvalue weighted by molar-refractivity contribution is 0.183. The van der Waals surface area contributed by atoms with E-state index in [4.69, 9.17) is 0 Å². The van der Waals surface area contributed by atoms with Crippen LogP contribution in [-0.2, 0) is 0 Å². The lowest BCUT2D eigenvalue weighted by Crippen LogP contribution is -2.19. The molecule has 0 unspecified atom stereocenters. The van der Waals surface area contributed by atoms with Crippen molar-refractivity contribution in [3.05, 3.63) is 16.0 Å². The molecule has 1 aromatic heterocycles. The number of nitrogens with zero attached hydrogens (tertiary/aromatic N) is 2. The van der Waals surface area contributed by atoms with Gasteiger partial charge in [-0.2, -0.15) is 0 Å². The minimum atomic E-state index is -0.331. The largest absolute Gasteiger partial charge is 0.391 e. The molecule has 1 rings (SSSR count). The van der Waals surface area contributed by atoms with Crippen molar-refractivity contribution in [2.45, 2.75) is 19.4 Å². The summed E-state index contributed by atoms with van der Waals surface area (Å²) in [6.45, 7) is 2.43. The van der Waals surface area contributed by atoms with Crippen molar-refractivity contribution in [2.75, 3.05) is 11.9 Å². The quantitative estimate of drug-likeness (QED) is 0.821. The Morgan fingerprint density at radius 3 is 2.69 bits per heavy atom. The van der Waals surface area contributed by atoms with Crippen LogP contribution in [0.2, 0.25) is 0 Å². The summed E-state index contributed by atoms with van der Waals surface area (Å²) in [5.41, 5.74) is 0. The smallest absolute Gasteiger partial charge is 0.222 e. The number of aromatic nitrogens is 2. The Balaban J connectivity index is 2.41. The van der Waals surface area contributed by atoms with Crippen LogP contribution in [0.5, 0.6) is 0 Å². The van der Waals surface area contributed by atoms with Gasteiger partial charge in [0, 0.05) is 22.5 Å². The number of rotatable bonds is 4. The maximum Gasteiger partial charge on any atom is 0.222 e. The van der Waals surface area contributed by atoms with Crippen molar-refractivity contribution < 1.29 is 5.11 Å². The van der Waals surface area contributed by atoms with Crippen LogP contribution >= 0.6 is 22.6 Å². The van der Waals surface area contributed by atoms with Crippen LogP contribution in [0.4, 0.5) is 5.95 Å². The summed E-state index contributed by atoms with van der Waals surface area (Å²) in [5.74, 6) is 0.563. The highest BCUT2D eigenvalue weighted by Crippen LogP contribution is 2.02. The van der Waals surface area contributed by atoms with Gasteiger partial charge in [0.25, 0.3) is 0 Å². The van der Waals surface area contributed by atoms with Crippen molar-refractivity contribution in [3.8, 4) is 0 Å². The average molecular weight is 293 g/mol. The molecule has 1 atom stereocenters. The van der Waals surface area contributed by atoms with Crippen LogP contribution in [0.15, 0.2) is 12.4 Å². The van der Waals surface area contributed by atoms with Crippen molar-refractivity contribution in [2.24, 2.45) is 0 Å². The molecule has 0 spiro atoms. The standard InChI is InChI=1S/C8H12IN3O/c1-2-7(13)5-12-8-10-3-6(9)4-11-8/h3-4,7,13H,2,5H2,1H3,(H,10,11,12)/t7-/m0/s1. The first-order valence-electron chi connectivity index (χ1n) is 4.12. The second kappa shape index (κ2) is 5.33. The van der Waals surface area contributed by atoms with E-state index in [1.807, 2.05) is 6.92 Å². The topological polar surface area (TPSA) is 58.0 Å². The molecule has 0 aliphatic heterocycles. The highest BCUT2D eigenvalue weighted by Gasteiger charge is 2.00. The Morgan fingerprint density at radius 2 is 2.15 bits per heavy atom. The molecule has 0 amide bonds. The molecular formula is C8H12IN3O. The zero-order valence-electron chi connectivity index (χ0n) is 7.37. The molecule has 2 N–H and O–H groups in total. The van der Waals surface area contributed by atoms with E-state index in [1.54, 1.807) is 12.4 Å². The SMILES string of the molecule is CC[C@H](O)CNc1ncc(I)cn1. The van der Waals surface area contributed by atoms with Crippen LogP contribution in [0, 0.1) is 3.57 Å². The van der Waals surface area contributed by atoms with Crippen LogP contribution < -0.4 is 5.32 Å². The second-order valence-corrected chi connectivity index (χ2v) is 3.91. The summed E-state index contributed by atoms with van der Waals surface area (Å²) in [4.78, 5) is 8.09. The first-order valence-corrected chi connectivity index (χ1v) is 5.19. The van der Waals surface area contributed by atoms with Gasteiger partial charge in [-0.15, -0.1) is 0 Å². The minimum Gasteiger partial charge on any atom is -0.391 e. The van der Waals surface area contributed by atoms with Gasteiger partial charge in [-0.1, -0.05) is 6.92 Å². The number of hydrogen-bond acceptors (Lipinski definition) is 4. The monoisotopic (exact) mass is 293 g/mol. The molecule has 1 aromatic rings. The Kier molecular flexibility index (Phi) is 4.37. The summed E-state index contributed by atoms with van der Waals surface area (Å²) in [5, 5.41) is 12.2. The number of aliphatic hydroxyl groups is 1. The van der Waals surface area contributed by atoms with E-state index in [0.717, 1.165) is 9.99 Å². The van der Waals surface area contributed by atoms with Crippen LogP contribution in [-0.4, -0.2) is 27.7 Å². The fourth-order valence-electron chi connectivity index (χ4n) is 0.757. The molecule has 5 heteroatoms. The Morgan fingerprint density at radius 1 is 1.54 bits per heavy atom. The summed E-state index contributed by atoms with van der Waals surface area (Å²) in [6.07, 6.45) is 3.86. The molecule has 72 valence electrons. The van der Waals surface area contributed by atoms with Gasteiger partial charge in [0.05, 0.1) is 6.10 Å². The van der Waals surface area contributed by atoms with E-state index in [-0.39, 0.29) is 6.10 Å². The number of hydrogen-bond donors (Lipinski definition) is 2. The molecule has 0 saturated heterocycles. The normalized spacial score (nSPS) is 12.5. The number of halogens is 1. The number of anilines is 1. The number of aliphatic hydroxyl groups excluding tert-OH is 1. The van der Waals surface area contributed by atoms with E-state index in [9.17, 15) is 5.11 Å². The van der Waals surface area contributed by atoms with E-state index in [2.05, 4.69) is 37.9 Å². The maximum absolute atomic E-state index is 9.25. The van der Waals surface area contributed by atoms with Crippen LogP contribution in [0.25, 0.3) is 0 Å². The second-order valence-electron chi connectivity index (χ2n) is 2.67. The van der Waals surface area contributed by atoms with E-state index in [1.165, 1.54) is 0 Å². The predicted octanol–water partition coefficient (Wildman–Crippen LogP) is 1.26. The highest BCUT2D eigenvalue weighted by molar-refractivity contribution is 14.1. The molecule has 0 saturated carbocycles. The van der Waals surface area contributed by atoms with Gasteiger partial charge in [0.2, 0.25) is 5.95 Å². The third-order valence-electron chi connectivity index (χ3n) is 1.59. The molecule has 0 bridgehead atoms. The number of nitrogens with one attached hydrogen (secondary N) is 1. The Labute approximate surface area is 90.9 Å². The summed E-state index contributed by atoms with van der Waals surface area (Å²) in [6, 6.07) is 0. The molecule has 1 heterocycles. The van der Waals surface area contributed by atoms with Gasteiger partial charge in [0.1, 0.15) is 0 Å². The predicted molar refractivity (Wildman–Crippen MR) is 59.5 cm³/mol. The van der Waals surface area contributed by atoms with E-state index < -0.39 is 0 Å². The van der Waals surface area contributed by atoms with Crippen molar-refractivity contribution >= 4 is 28.5 Å². The summed E-state index contributed by atoms with van der Waals surface area (Å²) < 4.78 is 0.999. The van der Waals surface area contributed by atoms with E-state index >= 15 is 0 Å². The molecule has 0 radical (unpaired) electrons. The van der Waals surface area contributed by atoms with Gasteiger partial charge >= 0.3 is 0 Å². The maximum atomic E-state index is 9.25. The third-order valence-corrected chi connectivity index (χ3v) is 2.14. The first-order chi connectivity index (χ1) is 6.22. The highest BCUT2D eigenvalue weighted by atomic mass is 127. The fourth-order valence-corrected chi connectivity index (χ4v) is 1.04. The van der Waals surface area contributed by atoms with Crippen molar-refractivity contribution in [1.29, 1.82) is 0 Å². The molecule has 0 fully saturated rings. The van der Waals surface area contributed by atoms with E-state index in [0.29, 0.717) is 12.5 Å². The zero-order chi connectivity index (χ0) is 9.68. The van der Waals surface area contributed by atoms with Gasteiger partial charge < -0.3 is 10.4 Å². The third kappa shape index (κ3) is 3.86. The minimum absolute atomic E-state index is 0.331. The zero-order valence-corrected chi connectivity index (χ0v) is 9.52. The van der Waals surface area contributed by atoms with Gasteiger partial charge in [-0.25, -0.2) is 9.97 Å². The van der Waals surface area contributed by atoms with Crippen LogP contribution in [0.1, 0.15) is 13.3 Å². The van der Waals surface area contributed by atoms with Gasteiger partial charge in [0.15, 0.2) is 0 Å². The lowest BCUT2D eigenvalue weighted by Gasteiger charge is -2.08. The molecule has 4 nitrogen and oxygen atoms in total. The Bertz CT molecular complexity index is 252. The van der Waals surface area contributed by atoms with Crippen LogP contribution in [0.3, 0.4) is 0 Å². The van der Waals surface area contributed by atoms with Gasteiger partial charge in [-0.05, 0) is 29.0 Å². The lowest BCUT2D eigenvalue weighted by atomic mass is 10.3. The van der Waals surface area contributed by atoms with Gasteiger partial charge in [-0.3, -0.25) is 0 Å². The summed E-state index contributed by atoms with van der Waals surface area (Å²) >= 11 is 2.14. The van der Waals surface area contributed by atoms with Crippen molar-refractivity contribution in [3.63, 3.8) is 0 Å².